The number of carbonyl (C=O) groups is 3. The summed E-state index contributed by atoms with van der Waals surface area (Å²) in [7, 11) is 0. The zero-order chi connectivity index (χ0) is 29.9. The lowest BCUT2D eigenvalue weighted by Crippen LogP contribution is -2.37. The van der Waals surface area contributed by atoms with Gasteiger partial charge in [0.2, 0.25) is 0 Å². The lowest BCUT2D eigenvalue weighted by molar-refractivity contribution is -0.0570. The summed E-state index contributed by atoms with van der Waals surface area (Å²) in [6.07, 6.45) is -0.394. The van der Waals surface area contributed by atoms with Crippen molar-refractivity contribution in [1.29, 1.82) is 0 Å². The van der Waals surface area contributed by atoms with Crippen molar-refractivity contribution < 1.29 is 33.0 Å². The number of benzene rings is 2. The minimum atomic E-state index is -1.90. The first kappa shape index (κ1) is 28.4. The van der Waals surface area contributed by atoms with E-state index in [0.717, 1.165) is 25.7 Å². The van der Waals surface area contributed by atoms with Gasteiger partial charge in [-0.05, 0) is 37.1 Å². The summed E-state index contributed by atoms with van der Waals surface area (Å²) in [5.41, 5.74) is 1.07. The number of ketones is 1. The zero-order valence-electron chi connectivity index (χ0n) is 23.4. The molecule has 0 unspecified atom stereocenters. The lowest BCUT2D eigenvalue weighted by Gasteiger charge is -2.19. The van der Waals surface area contributed by atoms with Crippen molar-refractivity contribution in [3.05, 3.63) is 83.9 Å². The highest BCUT2D eigenvalue weighted by molar-refractivity contribution is 5.94. The summed E-state index contributed by atoms with van der Waals surface area (Å²) >= 11 is 0. The third-order valence-corrected chi connectivity index (χ3v) is 7.61. The number of anilines is 1. The third-order valence-electron chi connectivity index (χ3n) is 7.61. The van der Waals surface area contributed by atoms with Crippen molar-refractivity contribution in [1.82, 2.24) is 19.5 Å². The Hall–Kier alpha value is -4.71. The number of rotatable bonds is 9. The molecule has 0 spiro atoms. The maximum Gasteiger partial charge on any atom is 0.338 e. The van der Waals surface area contributed by atoms with Gasteiger partial charge in [-0.3, -0.25) is 9.36 Å². The second-order valence-electron chi connectivity index (χ2n) is 10.6. The number of hydrogen-bond acceptors (Lipinski definition) is 10. The topological polar surface area (TPSA) is 135 Å². The van der Waals surface area contributed by atoms with Gasteiger partial charge in [-0.15, -0.1) is 0 Å². The standard InChI is InChI=1S/C31H30FN5O6/c1-18(38)26-35-27(34-21-14-8-9-15-21)24-28(36-26)37(17-33-24)29-23(32)25(43-31(40)20-12-6-3-7-13-20)22(42-29)16-41-30(39)19-10-4-2-5-11-19/h2-7,10-13,17,21-23,25,29H,8-9,14-16H2,1H3,(H,34,35,36)/t22-,23+,25-,29-/m1/s1. The van der Waals surface area contributed by atoms with Gasteiger partial charge < -0.3 is 19.5 Å². The molecule has 2 aromatic heterocycles. The van der Waals surface area contributed by atoms with Crippen LogP contribution in [0.4, 0.5) is 10.2 Å². The van der Waals surface area contributed by atoms with Gasteiger partial charge in [0, 0.05) is 13.0 Å². The Labute approximate surface area is 246 Å². The van der Waals surface area contributed by atoms with Gasteiger partial charge in [0.25, 0.3) is 0 Å². The number of imidazole rings is 1. The Balaban J connectivity index is 1.31. The number of Topliss-reactive ketones (excluding diaryl/α,β-unsaturated/α-hetero) is 1. The molecule has 0 bridgehead atoms. The smallest absolute Gasteiger partial charge is 0.338 e. The number of nitrogens with zero attached hydrogens (tertiary/aromatic N) is 4. The first-order valence-electron chi connectivity index (χ1n) is 14.2. The fourth-order valence-electron chi connectivity index (χ4n) is 5.40. The van der Waals surface area contributed by atoms with E-state index in [1.54, 1.807) is 60.7 Å². The number of aromatic nitrogens is 4. The van der Waals surface area contributed by atoms with Gasteiger partial charge in [0.1, 0.15) is 12.7 Å². The van der Waals surface area contributed by atoms with Crippen LogP contribution >= 0.6 is 0 Å². The largest absolute Gasteiger partial charge is 0.459 e. The molecule has 12 heteroatoms. The number of fused-ring (bicyclic) bond motifs is 1. The molecule has 1 saturated heterocycles. The fourth-order valence-corrected chi connectivity index (χ4v) is 5.40. The molecule has 11 nitrogen and oxygen atoms in total. The third kappa shape index (κ3) is 5.96. The van der Waals surface area contributed by atoms with Crippen LogP contribution in [0.5, 0.6) is 0 Å². The molecule has 0 amide bonds. The lowest BCUT2D eigenvalue weighted by atomic mass is 10.1. The molecule has 0 radical (unpaired) electrons. The number of ether oxygens (including phenoxy) is 3. The van der Waals surface area contributed by atoms with Crippen molar-refractivity contribution >= 4 is 34.7 Å². The van der Waals surface area contributed by atoms with Crippen LogP contribution in [0, 0.1) is 0 Å². The predicted octanol–water partition coefficient (Wildman–Crippen LogP) is 4.70. The highest BCUT2D eigenvalue weighted by atomic mass is 19.1. The van der Waals surface area contributed by atoms with Crippen LogP contribution in [0.3, 0.4) is 0 Å². The van der Waals surface area contributed by atoms with Gasteiger partial charge in [0.15, 0.2) is 47.1 Å². The molecule has 4 aromatic rings. The quantitative estimate of drug-likeness (QED) is 0.217. The Morgan fingerprint density at radius 1 is 0.977 bits per heavy atom. The monoisotopic (exact) mass is 587 g/mol. The van der Waals surface area contributed by atoms with Crippen molar-refractivity contribution in [2.75, 3.05) is 11.9 Å². The second-order valence-corrected chi connectivity index (χ2v) is 10.6. The van der Waals surface area contributed by atoms with E-state index in [9.17, 15) is 14.4 Å². The van der Waals surface area contributed by atoms with Gasteiger partial charge >= 0.3 is 11.9 Å². The van der Waals surface area contributed by atoms with Gasteiger partial charge in [-0.25, -0.2) is 28.9 Å². The molecule has 43 heavy (non-hydrogen) atoms. The number of carbonyl (C=O) groups excluding carboxylic acids is 3. The number of nitrogens with one attached hydrogen (secondary N) is 1. The molecule has 1 aliphatic carbocycles. The molecule has 1 saturated carbocycles. The molecule has 1 aliphatic heterocycles. The van der Waals surface area contributed by atoms with E-state index >= 15 is 4.39 Å². The first-order chi connectivity index (χ1) is 20.9. The van der Waals surface area contributed by atoms with E-state index < -0.39 is 36.5 Å². The Morgan fingerprint density at radius 3 is 2.28 bits per heavy atom. The Kier molecular flexibility index (Phi) is 8.10. The van der Waals surface area contributed by atoms with E-state index in [-0.39, 0.29) is 35.5 Å². The van der Waals surface area contributed by atoms with Crippen molar-refractivity contribution in [3.8, 4) is 0 Å². The Morgan fingerprint density at radius 2 is 1.63 bits per heavy atom. The van der Waals surface area contributed by atoms with Crippen LogP contribution in [0.25, 0.3) is 11.2 Å². The molecule has 2 aromatic carbocycles. The summed E-state index contributed by atoms with van der Waals surface area (Å²) in [6, 6.07) is 16.7. The second kappa shape index (κ2) is 12.3. The number of alkyl halides is 1. The molecule has 222 valence electrons. The molecular formula is C31H30FN5O6. The van der Waals surface area contributed by atoms with Gasteiger partial charge in [0.05, 0.1) is 17.5 Å². The molecule has 3 heterocycles. The minimum absolute atomic E-state index is 0.0523. The number of hydrogen-bond donors (Lipinski definition) is 1. The summed E-state index contributed by atoms with van der Waals surface area (Å²) in [6.45, 7) is 0.966. The molecule has 2 aliphatic rings. The normalized spacial score (nSPS) is 22.0. The van der Waals surface area contributed by atoms with Crippen LogP contribution in [0.1, 0.15) is 70.2 Å². The van der Waals surface area contributed by atoms with Gasteiger partial charge in [-0.2, -0.15) is 0 Å². The fraction of sp³-hybridized carbons (Fsp3) is 0.355. The van der Waals surface area contributed by atoms with Crippen LogP contribution < -0.4 is 5.32 Å². The van der Waals surface area contributed by atoms with Crippen LogP contribution in [0.2, 0.25) is 0 Å². The molecular weight excluding hydrogens is 557 g/mol. The van der Waals surface area contributed by atoms with Gasteiger partial charge in [-0.1, -0.05) is 49.2 Å². The van der Waals surface area contributed by atoms with E-state index in [1.807, 2.05) is 0 Å². The molecule has 1 N–H and O–H groups in total. The number of halogens is 1. The summed E-state index contributed by atoms with van der Waals surface area (Å²) in [5, 5.41) is 3.36. The highest BCUT2D eigenvalue weighted by Gasteiger charge is 2.50. The minimum Gasteiger partial charge on any atom is -0.459 e. The Bertz CT molecular complexity index is 1630. The van der Waals surface area contributed by atoms with E-state index in [1.165, 1.54) is 17.8 Å². The average molecular weight is 588 g/mol. The maximum absolute atomic E-state index is 16.3. The molecule has 4 atom stereocenters. The van der Waals surface area contributed by atoms with Crippen molar-refractivity contribution in [2.24, 2.45) is 0 Å². The van der Waals surface area contributed by atoms with E-state index in [0.29, 0.717) is 16.9 Å². The molecule has 2 fully saturated rings. The van der Waals surface area contributed by atoms with E-state index in [4.69, 9.17) is 14.2 Å². The van der Waals surface area contributed by atoms with Crippen LogP contribution in [-0.2, 0) is 14.2 Å². The molecule has 6 rings (SSSR count). The average Bonchev–Trinajstić information content (AvgIpc) is 3.77. The van der Waals surface area contributed by atoms with Crippen LogP contribution in [-0.4, -0.2) is 68.3 Å². The number of esters is 2. The van der Waals surface area contributed by atoms with Crippen LogP contribution in [0.15, 0.2) is 67.0 Å². The summed E-state index contributed by atoms with van der Waals surface area (Å²) in [4.78, 5) is 51.1. The SMILES string of the molecule is CC(=O)c1nc(NC2CCCC2)c2ncn([C@@H]3O[C@H](COC(=O)c4ccccc4)[C@@H](OC(=O)c4ccccc4)[C@@H]3F)c2n1. The predicted molar refractivity (Wildman–Crippen MR) is 152 cm³/mol. The first-order valence-corrected chi connectivity index (χ1v) is 14.2. The highest BCUT2D eigenvalue weighted by Crippen LogP contribution is 2.37. The summed E-state index contributed by atoms with van der Waals surface area (Å²) in [5.74, 6) is -1.42. The zero-order valence-corrected chi connectivity index (χ0v) is 23.4. The maximum atomic E-state index is 16.3. The van der Waals surface area contributed by atoms with Crippen molar-refractivity contribution in [3.63, 3.8) is 0 Å². The van der Waals surface area contributed by atoms with Crippen molar-refractivity contribution in [2.45, 2.75) is 63.3 Å². The van der Waals surface area contributed by atoms with E-state index in [2.05, 4.69) is 20.3 Å². The summed E-state index contributed by atoms with van der Waals surface area (Å²) < 4.78 is 34.8.